The number of carbonyl (C=O) groups excluding carboxylic acids is 3. The van der Waals surface area contributed by atoms with Crippen molar-refractivity contribution in [3.63, 3.8) is 0 Å². The molecule has 2 rings (SSSR count). The number of aryl methyl sites for hydroxylation is 1. The zero-order valence-electron chi connectivity index (χ0n) is 15.8. The van der Waals surface area contributed by atoms with Crippen LogP contribution in [0, 0.1) is 6.92 Å². The van der Waals surface area contributed by atoms with E-state index >= 15 is 0 Å². The first-order valence-corrected chi connectivity index (χ1v) is 9.72. The van der Waals surface area contributed by atoms with Gasteiger partial charge in [-0.1, -0.05) is 27.5 Å². The first-order chi connectivity index (χ1) is 13.2. The number of carbonyl (C=O) groups is 3. The molecular weight excluding hydrogens is 446 g/mol. The number of anilines is 1. The Morgan fingerprint density at radius 2 is 1.79 bits per heavy atom. The van der Waals surface area contributed by atoms with Crippen LogP contribution in [0.3, 0.4) is 0 Å². The van der Waals surface area contributed by atoms with Gasteiger partial charge in [0.05, 0.1) is 6.54 Å². The molecule has 6 nitrogen and oxygen atoms in total. The van der Waals surface area contributed by atoms with E-state index in [0.29, 0.717) is 16.3 Å². The van der Waals surface area contributed by atoms with Crippen LogP contribution in [0.5, 0.6) is 0 Å². The second-order valence-corrected chi connectivity index (χ2v) is 7.76. The molecule has 8 heteroatoms. The van der Waals surface area contributed by atoms with Gasteiger partial charge in [-0.15, -0.1) is 0 Å². The zero-order chi connectivity index (χ0) is 20.8. The summed E-state index contributed by atoms with van der Waals surface area (Å²) in [6.07, 6.45) is 0. The molecule has 3 amide bonds. The Kier molecular flexibility index (Phi) is 7.60. The van der Waals surface area contributed by atoms with E-state index in [9.17, 15) is 14.4 Å². The SMILES string of the molecule is Cc1cc(Br)ccc1NC(=O)CN(C)C(=O)C(C)NC(=O)c1ccc(Cl)cc1. The third-order valence-electron chi connectivity index (χ3n) is 4.04. The van der Waals surface area contributed by atoms with Crippen LogP contribution < -0.4 is 10.6 Å². The topological polar surface area (TPSA) is 78.5 Å². The Balaban J connectivity index is 1.90. The maximum Gasteiger partial charge on any atom is 0.251 e. The van der Waals surface area contributed by atoms with Gasteiger partial charge in [0.25, 0.3) is 5.91 Å². The number of likely N-dealkylation sites (N-methyl/N-ethyl adjacent to an activating group) is 1. The summed E-state index contributed by atoms with van der Waals surface area (Å²) in [5.41, 5.74) is 1.98. The lowest BCUT2D eigenvalue weighted by molar-refractivity contribution is -0.134. The second-order valence-electron chi connectivity index (χ2n) is 6.40. The van der Waals surface area contributed by atoms with E-state index in [4.69, 9.17) is 11.6 Å². The Morgan fingerprint density at radius 1 is 1.14 bits per heavy atom. The number of benzene rings is 2. The highest BCUT2D eigenvalue weighted by molar-refractivity contribution is 9.10. The van der Waals surface area contributed by atoms with E-state index in [-0.39, 0.29) is 24.3 Å². The molecule has 2 aromatic rings. The molecule has 0 aliphatic heterocycles. The van der Waals surface area contributed by atoms with Crippen LogP contribution in [-0.2, 0) is 9.59 Å². The molecule has 1 atom stereocenters. The van der Waals surface area contributed by atoms with Crippen LogP contribution in [0.15, 0.2) is 46.9 Å². The molecule has 0 spiro atoms. The van der Waals surface area contributed by atoms with Crippen LogP contribution in [0.25, 0.3) is 0 Å². The summed E-state index contributed by atoms with van der Waals surface area (Å²) in [6, 6.07) is 11.1. The highest BCUT2D eigenvalue weighted by atomic mass is 79.9. The molecule has 0 saturated heterocycles. The van der Waals surface area contributed by atoms with Gasteiger partial charge >= 0.3 is 0 Å². The molecule has 0 bridgehead atoms. The first-order valence-electron chi connectivity index (χ1n) is 8.55. The van der Waals surface area contributed by atoms with Crippen molar-refractivity contribution in [3.8, 4) is 0 Å². The molecule has 28 heavy (non-hydrogen) atoms. The molecule has 148 valence electrons. The van der Waals surface area contributed by atoms with Gasteiger partial charge in [-0.3, -0.25) is 14.4 Å². The van der Waals surface area contributed by atoms with Crippen molar-refractivity contribution in [2.45, 2.75) is 19.9 Å². The van der Waals surface area contributed by atoms with Gasteiger partial charge in [0.2, 0.25) is 11.8 Å². The van der Waals surface area contributed by atoms with Crippen LogP contribution in [0.1, 0.15) is 22.8 Å². The van der Waals surface area contributed by atoms with Crippen molar-refractivity contribution in [1.29, 1.82) is 0 Å². The van der Waals surface area contributed by atoms with Crippen LogP contribution in [0.4, 0.5) is 5.69 Å². The molecule has 0 aliphatic rings. The quantitative estimate of drug-likeness (QED) is 0.682. The minimum Gasteiger partial charge on any atom is -0.341 e. The maximum atomic E-state index is 12.5. The van der Waals surface area contributed by atoms with Gasteiger partial charge in [0.15, 0.2) is 0 Å². The van der Waals surface area contributed by atoms with Gasteiger partial charge in [-0.25, -0.2) is 0 Å². The summed E-state index contributed by atoms with van der Waals surface area (Å²) in [7, 11) is 1.52. The van der Waals surface area contributed by atoms with Gasteiger partial charge in [0.1, 0.15) is 6.04 Å². The molecule has 0 aliphatic carbocycles. The summed E-state index contributed by atoms with van der Waals surface area (Å²) in [5, 5.41) is 5.93. The summed E-state index contributed by atoms with van der Waals surface area (Å²) in [6.45, 7) is 3.32. The fourth-order valence-corrected chi connectivity index (χ4v) is 3.13. The molecule has 0 heterocycles. The van der Waals surface area contributed by atoms with Crippen LogP contribution in [-0.4, -0.2) is 42.3 Å². The molecule has 0 saturated carbocycles. The van der Waals surface area contributed by atoms with E-state index < -0.39 is 6.04 Å². The van der Waals surface area contributed by atoms with Crippen LogP contribution in [0.2, 0.25) is 5.02 Å². The Morgan fingerprint density at radius 3 is 2.39 bits per heavy atom. The first kappa shape index (κ1) is 21.9. The number of halogens is 2. The smallest absolute Gasteiger partial charge is 0.251 e. The van der Waals surface area contributed by atoms with Crippen LogP contribution >= 0.6 is 27.5 Å². The number of hydrogen-bond donors (Lipinski definition) is 2. The standard InChI is InChI=1S/C20H21BrClN3O3/c1-12-10-15(21)6-9-17(12)24-18(26)11-25(3)20(28)13(2)23-19(27)14-4-7-16(22)8-5-14/h4-10,13H,11H2,1-3H3,(H,23,27)(H,24,26). The van der Waals surface area contributed by atoms with Gasteiger partial charge in [-0.2, -0.15) is 0 Å². The lowest BCUT2D eigenvalue weighted by atomic mass is 10.2. The lowest BCUT2D eigenvalue weighted by Crippen LogP contribution is -2.47. The second kappa shape index (κ2) is 9.71. The normalized spacial score (nSPS) is 11.5. The van der Waals surface area contributed by atoms with Gasteiger partial charge in [-0.05, 0) is 61.9 Å². The zero-order valence-corrected chi connectivity index (χ0v) is 18.1. The number of nitrogens with one attached hydrogen (secondary N) is 2. The highest BCUT2D eigenvalue weighted by Crippen LogP contribution is 2.20. The minimum absolute atomic E-state index is 0.129. The predicted octanol–water partition coefficient (Wildman–Crippen LogP) is 3.63. The number of hydrogen-bond acceptors (Lipinski definition) is 3. The summed E-state index contributed by atoms with van der Waals surface area (Å²) < 4.78 is 0.917. The highest BCUT2D eigenvalue weighted by Gasteiger charge is 2.22. The van der Waals surface area contributed by atoms with E-state index in [1.165, 1.54) is 11.9 Å². The Bertz CT molecular complexity index is 887. The van der Waals surface area contributed by atoms with Crippen molar-refractivity contribution >= 4 is 50.9 Å². The molecule has 2 aromatic carbocycles. The maximum absolute atomic E-state index is 12.5. The summed E-state index contributed by atoms with van der Waals surface area (Å²) in [5.74, 6) is -1.08. The fourth-order valence-electron chi connectivity index (χ4n) is 2.52. The van der Waals surface area contributed by atoms with Gasteiger partial charge in [0, 0.05) is 27.8 Å². The number of amides is 3. The average Bonchev–Trinajstić information content (AvgIpc) is 2.63. The molecule has 0 radical (unpaired) electrons. The fraction of sp³-hybridized carbons (Fsp3) is 0.250. The van der Waals surface area contributed by atoms with Crippen molar-refractivity contribution in [2.24, 2.45) is 0 Å². The third kappa shape index (κ3) is 6.07. The molecule has 0 fully saturated rings. The Hall–Kier alpha value is -2.38. The number of rotatable bonds is 6. The van der Waals surface area contributed by atoms with Gasteiger partial charge < -0.3 is 15.5 Å². The lowest BCUT2D eigenvalue weighted by Gasteiger charge is -2.22. The van der Waals surface area contributed by atoms with Crippen molar-refractivity contribution in [3.05, 3.63) is 63.1 Å². The molecule has 2 N–H and O–H groups in total. The summed E-state index contributed by atoms with van der Waals surface area (Å²) >= 11 is 9.18. The predicted molar refractivity (Wildman–Crippen MR) is 114 cm³/mol. The molecular formula is C20H21BrClN3O3. The largest absolute Gasteiger partial charge is 0.341 e. The van der Waals surface area contributed by atoms with Crippen molar-refractivity contribution in [2.75, 3.05) is 18.9 Å². The number of nitrogens with zero attached hydrogens (tertiary/aromatic N) is 1. The minimum atomic E-state index is -0.782. The molecule has 0 aromatic heterocycles. The average molecular weight is 467 g/mol. The van der Waals surface area contributed by atoms with E-state index in [1.54, 1.807) is 37.3 Å². The third-order valence-corrected chi connectivity index (χ3v) is 4.79. The molecule has 1 unspecified atom stereocenters. The van der Waals surface area contributed by atoms with Crippen molar-refractivity contribution < 1.29 is 14.4 Å². The van der Waals surface area contributed by atoms with E-state index in [2.05, 4.69) is 26.6 Å². The van der Waals surface area contributed by atoms with E-state index in [0.717, 1.165) is 10.0 Å². The monoisotopic (exact) mass is 465 g/mol. The Labute approximate surface area is 177 Å². The summed E-state index contributed by atoms with van der Waals surface area (Å²) in [4.78, 5) is 38.2. The van der Waals surface area contributed by atoms with E-state index in [1.807, 2.05) is 19.1 Å². The van der Waals surface area contributed by atoms with Crippen molar-refractivity contribution in [1.82, 2.24) is 10.2 Å².